The van der Waals surface area contributed by atoms with Crippen LogP contribution >= 0.6 is 0 Å². The highest BCUT2D eigenvalue weighted by molar-refractivity contribution is 5.78. The summed E-state index contributed by atoms with van der Waals surface area (Å²) in [6.45, 7) is 4.45. The summed E-state index contributed by atoms with van der Waals surface area (Å²) in [6.07, 6.45) is 0.917. The van der Waals surface area contributed by atoms with Crippen LogP contribution in [0.3, 0.4) is 0 Å². The maximum Gasteiger partial charge on any atom is 0.223 e. The standard InChI is InChI=1S/C17H22N2O4/c1-12-6-8-14(22-12)10-19(11-15-9-7-13(2)23-15)17(21)5-3-4-16(18)20/h6-9H,3-5,10-11H2,1-2H3,(H2,18,20). The number of carbonyl (C=O) groups is 2. The number of hydrogen-bond donors (Lipinski definition) is 1. The van der Waals surface area contributed by atoms with Crippen molar-refractivity contribution in [3.8, 4) is 0 Å². The van der Waals surface area contributed by atoms with E-state index in [2.05, 4.69) is 0 Å². The van der Waals surface area contributed by atoms with Crippen molar-refractivity contribution in [3.63, 3.8) is 0 Å². The molecule has 2 aromatic heterocycles. The molecule has 0 aromatic carbocycles. The second-order valence-corrected chi connectivity index (χ2v) is 5.59. The first-order valence-electron chi connectivity index (χ1n) is 7.61. The van der Waals surface area contributed by atoms with Crippen molar-refractivity contribution in [2.75, 3.05) is 0 Å². The lowest BCUT2D eigenvalue weighted by molar-refractivity contribution is -0.133. The van der Waals surface area contributed by atoms with Crippen molar-refractivity contribution in [1.29, 1.82) is 0 Å². The molecule has 2 rings (SSSR count). The van der Waals surface area contributed by atoms with E-state index in [1.807, 2.05) is 38.1 Å². The van der Waals surface area contributed by atoms with Gasteiger partial charge in [-0.3, -0.25) is 9.59 Å². The molecule has 0 unspecified atom stereocenters. The maximum atomic E-state index is 12.4. The van der Waals surface area contributed by atoms with Gasteiger partial charge in [0, 0.05) is 12.8 Å². The van der Waals surface area contributed by atoms with Crippen LogP contribution in [0.5, 0.6) is 0 Å². The molecule has 0 fully saturated rings. The molecule has 0 atom stereocenters. The first-order chi connectivity index (χ1) is 10.9. The first kappa shape index (κ1) is 16.9. The monoisotopic (exact) mass is 318 g/mol. The summed E-state index contributed by atoms with van der Waals surface area (Å²) in [5.41, 5.74) is 5.11. The largest absolute Gasteiger partial charge is 0.464 e. The highest BCUT2D eigenvalue weighted by atomic mass is 16.3. The van der Waals surface area contributed by atoms with Gasteiger partial charge in [-0.1, -0.05) is 0 Å². The highest BCUT2D eigenvalue weighted by Crippen LogP contribution is 2.16. The molecule has 0 bridgehead atoms. The predicted octanol–water partition coefficient (Wildman–Crippen LogP) is 2.67. The lowest BCUT2D eigenvalue weighted by Gasteiger charge is -2.20. The van der Waals surface area contributed by atoms with Gasteiger partial charge in [0.2, 0.25) is 11.8 Å². The van der Waals surface area contributed by atoms with Crippen molar-refractivity contribution >= 4 is 11.8 Å². The van der Waals surface area contributed by atoms with E-state index in [-0.39, 0.29) is 18.7 Å². The van der Waals surface area contributed by atoms with Crippen LogP contribution < -0.4 is 5.73 Å². The van der Waals surface area contributed by atoms with E-state index in [9.17, 15) is 9.59 Å². The zero-order valence-electron chi connectivity index (χ0n) is 13.5. The number of nitrogens with zero attached hydrogens (tertiary/aromatic N) is 1. The van der Waals surface area contributed by atoms with Crippen molar-refractivity contribution < 1.29 is 18.4 Å². The molecule has 0 aliphatic heterocycles. The molecule has 0 spiro atoms. The Balaban J connectivity index is 2.03. The molecule has 2 N–H and O–H groups in total. The summed E-state index contributed by atoms with van der Waals surface area (Å²) in [5, 5.41) is 0. The number of hydrogen-bond acceptors (Lipinski definition) is 4. The normalized spacial score (nSPS) is 10.7. The van der Waals surface area contributed by atoms with Gasteiger partial charge in [-0.2, -0.15) is 0 Å². The second-order valence-electron chi connectivity index (χ2n) is 5.59. The number of furan rings is 2. The van der Waals surface area contributed by atoms with E-state index in [0.717, 1.165) is 11.5 Å². The van der Waals surface area contributed by atoms with Gasteiger partial charge in [0.1, 0.15) is 23.0 Å². The number of nitrogens with two attached hydrogens (primary N) is 1. The topological polar surface area (TPSA) is 89.7 Å². The van der Waals surface area contributed by atoms with Crippen molar-refractivity contribution in [3.05, 3.63) is 47.3 Å². The molecular weight excluding hydrogens is 296 g/mol. The van der Waals surface area contributed by atoms with Crippen LogP contribution in [0.25, 0.3) is 0 Å². The number of primary amides is 1. The van der Waals surface area contributed by atoms with Gasteiger partial charge >= 0.3 is 0 Å². The van der Waals surface area contributed by atoms with Crippen LogP contribution in [-0.2, 0) is 22.7 Å². The lowest BCUT2D eigenvalue weighted by Crippen LogP contribution is -2.29. The van der Waals surface area contributed by atoms with Crippen LogP contribution in [0.4, 0.5) is 0 Å². The molecule has 0 aliphatic rings. The molecular formula is C17H22N2O4. The van der Waals surface area contributed by atoms with E-state index < -0.39 is 5.91 Å². The fraction of sp³-hybridized carbons (Fsp3) is 0.412. The molecule has 0 aliphatic carbocycles. The Labute approximate surface area is 135 Å². The van der Waals surface area contributed by atoms with Crippen molar-refractivity contribution in [1.82, 2.24) is 4.90 Å². The molecule has 0 saturated carbocycles. The zero-order valence-corrected chi connectivity index (χ0v) is 13.5. The first-order valence-corrected chi connectivity index (χ1v) is 7.61. The highest BCUT2D eigenvalue weighted by Gasteiger charge is 2.17. The van der Waals surface area contributed by atoms with Gasteiger partial charge in [-0.15, -0.1) is 0 Å². The Morgan fingerprint density at radius 3 is 1.87 bits per heavy atom. The number of carbonyl (C=O) groups excluding carboxylic acids is 2. The van der Waals surface area contributed by atoms with Gasteiger partial charge < -0.3 is 19.5 Å². The molecule has 23 heavy (non-hydrogen) atoms. The van der Waals surface area contributed by atoms with Crippen LogP contribution in [-0.4, -0.2) is 16.7 Å². The van der Waals surface area contributed by atoms with E-state index in [0.29, 0.717) is 31.0 Å². The van der Waals surface area contributed by atoms with Crippen LogP contribution in [0.2, 0.25) is 0 Å². The minimum Gasteiger partial charge on any atom is -0.464 e. The number of rotatable bonds is 8. The number of amides is 2. The van der Waals surface area contributed by atoms with E-state index >= 15 is 0 Å². The van der Waals surface area contributed by atoms with Crippen LogP contribution in [0.1, 0.15) is 42.3 Å². The van der Waals surface area contributed by atoms with Gasteiger partial charge in [-0.25, -0.2) is 0 Å². The molecule has 2 heterocycles. The third-order valence-electron chi connectivity index (χ3n) is 3.45. The van der Waals surface area contributed by atoms with E-state index in [4.69, 9.17) is 14.6 Å². The van der Waals surface area contributed by atoms with E-state index in [1.54, 1.807) is 4.90 Å². The fourth-order valence-corrected chi connectivity index (χ4v) is 2.32. The average Bonchev–Trinajstić information content (AvgIpc) is 3.06. The Morgan fingerprint density at radius 2 is 1.48 bits per heavy atom. The molecule has 6 heteroatoms. The Hall–Kier alpha value is -2.50. The molecule has 0 saturated heterocycles. The third-order valence-corrected chi connectivity index (χ3v) is 3.45. The van der Waals surface area contributed by atoms with Crippen molar-refractivity contribution in [2.45, 2.75) is 46.2 Å². The minimum atomic E-state index is -0.396. The molecule has 2 aromatic rings. The zero-order chi connectivity index (χ0) is 16.8. The third kappa shape index (κ3) is 5.32. The molecule has 0 radical (unpaired) electrons. The average molecular weight is 318 g/mol. The van der Waals surface area contributed by atoms with Crippen LogP contribution in [0, 0.1) is 13.8 Å². The van der Waals surface area contributed by atoms with Gasteiger partial charge in [0.15, 0.2) is 0 Å². The quantitative estimate of drug-likeness (QED) is 0.810. The SMILES string of the molecule is Cc1ccc(CN(Cc2ccc(C)o2)C(=O)CCCC(N)=O)o1. The van der Waals surface area contributed by atoms with Gasteiger partial charge in [-0.05, 0) is 44.5 Å². The smallest absolute Gasteiger partial charge is 0.223 e. The summed E-state index contributed by atoms with van der Waals surface area (Å²) >= 11 is 0. The van der Waals surface area contributed by atoms with Gasteiger partial charge in [0.05, 0.1) is 13.1 Å². The summed E-state index contributed by atoms with van der Waals surface area (Å²) < 4.78 is 11.1. The predicted molar refractivity (Wildman–Crippen MR) is 84.2 cm³/mol. The summed E-state index contributed by atoms with van der Waals surface area (Å²) in [5.74, 6) is 2.58. The number of aryl methyl sites for hydroxylation is 2. The lowest BCUT2D eigenvalue weighted by atomic mass is 10.2. The summed E-state index contributed by atoms with van der Waals surface area (Å²) in [7, 11) is 0. The molecule has 6 nitrogen and oxygen atoms in total. The Kier molecular flexibility index (Phi) is 5.62. The fourth-order valence-electron chi connectivity index (χ4n) is 2.32. The maximum absolute atomic E-state index is 12.4. The molecule has 124 valence electrons. The summed E-state index contributed by atoms with van der Waals surface area (Å²) in [6, 6.07) is 7.43. The second kappa shape index (κ2) is 7.67. The Morgan fingerprint density at radius 1 is 0.957 bits per heavy atom. The van der Waals surface area contributed by atoms with E-state index in [1.165, 1.54) is 0 Å². The van der Waals surface area contributed by atoms with Crippen LogP contribution in [0.15, 0.2) is 33.1 Å². The van der Waals surface area contributed by atoms with Gasteiger partial charge in [0.25, 0.3) is 0 Å². The van der Waals surface area contributed by atoms with Crippen molar-refractivity contribution in [2.24, 2.45) is 5.73 Å². The Bertz CT molecular complexity index is 629. The minimum absolute atomic E-state index is 0.0608. The molecule has 2 amide bonds. The summed E-state index contributed by atoms with van der Waals surface area (Å²) in [4.78, 5) is 24.9.